The first-order valence-corrected chi connectivity index (χ1v) is 6.65. The number of hydrogen-bond donors (Lipinski definition) is 1. The molecule has 0 amide bonds. The van der Waals surface area contributed by atoms with Crippen LogP contribution in [0.5, 0.6) is 0 Å². The van der Waals surface area contributed by atoms with Gasteiger partial charge >= 0.3 is 5.97 Å². The van der Waals surface area contributed by atoms with Gasteiger partial charge in [-0.05, 0) is 61.6 Å². The number of carbonyl (C=O) groups is 1. The molecule has 0 heterocycles. The van der Waals surface area contributed by atoms with Crippen molar-refractivity contribution in [2.24, 2.45) is 5.92 Å². The molecule has 0 bridgehead atoms. The van der Waals surface area contributed by atoms with Crippen molar-refractivity contribution in [2.45, 2.75) is 38.0 Å². The Labute approximate surface area is 108 Å². The molecule has 0 saturated heterocycles. The zero-order chi connectivity index (χ0) is 13.0. The molecule has 0 aromatic heterocycles. The van der Waals surface area contributed by atoms with Gasteiger partial charge in [-0.2, -0.15) is 0 Å². The lowest BCUT2D eigenvalue weighted by Gasteiger charge is -2.28. The Bertz CT molecular complexity index is 411. The predicted molar refractivity (Wildman–Crippen MR) is 72.9 cm³/mol. The number of benzene rings is 1. The van der Waals surface area contributed by atoms with E-state index < -0.39 is 5.97 Å². The molecule has 0 atom stereocenters. The normalized spacial score (nSPS) is 23.6. The molecule has 1 N–H and O–H groups in total. The topological polar surface area (TPSA) is 37.3 Å². The molecular formula is C16H20O2. The van der Waals surface area contributed by atoms with Crippen LogP contribution >= 0.6 is 0 Å². The molecule has 1 aliphatic carbocycles. The van der Waals surface area contributed by atoms with Gasteiger partial charge in [0.25, 0.3) is 0 Å². The van der Waals surface area contributed by atoms with Crippen molar-refractivity contribution in [1.29, 1.82) is 0 Å². The monoisotopic (exact) mass is 244 g/mol. The molecule has 1 aromatic carbocycles. The quantitative estimate of drug-likeness (QED) is 0.804. The minimum Gasteiger partial charge on any atom is -0.478 e. The molecule has 0 unspecified atom stereocenters. The minimum absolute atomic E-state index is 0.374. The molecule has 2 rings (SSSR count). The predicted octanol–water partition coefficient (Wildman–Crippen LogP) is 4.23. The van der Waals surface area contributed by atoms with Crippen molar-refractivity contribution < 1.29 is 9.90 Å². The number of allylic oxidation sites excluding steroid dienone is 1. The fourth-order valence-corrected chi connectivity index (χ4v) is 2.87. The SMILES string of the molecule is C=CC[C@H]1CC[C@H](c2ccc(C(=O)O)cc2)CC1. The minimum atomic E-state index is -0.851. The van der Waals surface area contributed by atoms with Gasteiger partial charge in [0.05, 0.1) is 5.56 Å². The highest BCUT2D eigenvalue weighted by Crippen LogP contribution is 2.37. The Morgan fingerprint density at radius 2 is 1.83 bits per heavy atom. The zero-order valence-corrected chi connectivity index (χ0v) is 10.6. The number of aromatic carboxylic acids is 1. The Balaban J connectivity index is 1.97. The third-order valence-corrected chi connectivity index (χ3v) is 3.98. The third kappa shape index (κ3) is 3.00. The van der Waals surface area contributed by atoms with Gasteiger partial charge in [0.1, 0.15) is 0 Å². The van der Waals surface area contributed by atoms with Gasteiger partial charge in [0, 0.05) is 0 Å². The van der Waals surface area contributed by atoms with Crippen LogP contribution in [0.3, 0.4) is 0 Å². The summed E-state index contributed by atoms with van der Waals surface area (Å²) < 4.78 is 0. The van der Waals surface area contributed by atoms with Crippen LogP contribution in [0.2, 0.25) is 0 Å². The molecule has 0 spiro atoms. The fraction of sp³-hybridized carbons (Fsp3) is 0.438. The largest absolute Gasteiger partial charge is 0.478 e. The smallest absolute Gasteiger partial charge is 0.335 e. The van der Waals surface area contributed by atoms with Crippen molar-refractivity contribution >= 4 is 5.97 Å². The van der Waals surface area contributed by atoms with Crippen molar-refractivity contribution in [1.82, 2.24) is 0 Å². The third-order valence-electron chi connectivity index (χ3n) is 3.98. The van der Waals surface area contributed by atoms with Crippen LogP contribution in [-0.4, -0.2) is 11.1 Å². The Kier molecular flexibility index (Phi) is 4.19. The zero-order valence-electron chi connectivity index (χ0n) is 10.6. The number of hydrogen-bond acceptors (Lipinski definition) is 1. The lowest BCUT2D eigenvalue weighted by molar-refractivity contribution is 0.0697. The molecule has 1 saturated carbocycles. The standard InChI is InChI=1S/C16H20O2/c1-2-3-12-4-6-13(7-5-12)14-8-10-15(11-9-14)16(17)18/h2,8-13H,1,3-7H2,(H,17,18)/t12-,13-. The molecular weight excluding hydrogens is 224 g/mol. The molecule has 2 heteroatoms. The Hall–Kier alpha value is -1.57. The summed E-state index contributed by atoms with van der Waals surface area (Å²) in [7, 11) is 0. The molecule has 0 aliphatic heterocycles. The summed E-state index contributed by atoms with van der Waals surface area (Å²) in [6.07, 6.45) is 8.10. The van der Waals surface area contributed by atoms with Crippen molar-refractivity contribution in [3.63, 3.8) is 0 Å². The van der Waals surface area contributed by atoms with Crippen LogP contribution in [-0.2, 0) is 0 Å². The van der Waals surface area contributed by atoms with Crippen molar-refractivity contribution in [3.8, 4) is 0 Å². The molecule has 0 radical (unpaired) electrons. The second-order valence-corrected chi connectivity index (χ2v) is 5.17. The van der Waals surface area contributed by atoms with E-state index in [1.54, 1.807) is 12.1 Å². The van der Waals surface area contributed by atoms with Gasteiger partial charge < -0.3 is 5.11 Å². The molecule has 18 heavy (non-hydrogen) atoms. The van der Waals surface area contributed by atoms with E-state index in [4.69, 9.17) is 5.11 Å². The van der Waals surface area contributed by atoms with Crippen molar-refractivity contribution in [3.05, 3.63) is 48.0 Å². The summed E-state index contributed by atoms with van der Waals surface area (Å²) in [5, 5.41) is 8.87. The van der Waals surface area contributed by atoms with E-state index in [1.165, 1.54) is 31.2 Å². The van der Waals surface area contributed by atoms with Crippen LogP contribution in [0.25, 0.3) is 0 Å². The first-order chi connectivity index (χ1) is 8.70. The summed E-state index contributed by atoms with van der Waals surface area (Å²) >= 11 is 0. The number of carboxylic acid groups (broad SMARTS) is 1. The molecule has 1 aliphatic rings. The van der Waals surface area contributed by atoms with Crippen molar-refractivity contribution in [2.75, 3.05) is 0 Å². The van der Waals surface area contributed by atoms with Crippen LogP contribution in [0.15, 0.2) is 36.9 Å². The summed E-state index contributed by atoms with van der Waals surface area (Å²) in [5.74, 6) is 0.558. The maximum atomic E-state index is 10.8. The molecule has 96 valence electrons. The van der Waals surface area contributed by atoms with E-state index >= 15 is 0 Å². The lowest BCUT2D eigenvalue weighted by atomic mass is 9.77. The van der Waals surface area contributed by atoms with Gasteiger partial charge in [0.2, 0.25) is 0 Å². The van der Waals surface area contributed by atoms with Gasteiger partial charge in [-0.1, -0.05) is 18.2 Å². The van der Waals surface area contributed by atoms with Gasteiger partial charge in [0.15, 0.2) is 0 Å². The molecule has 2 nitrogen and oxygen atoms in total. The van der Waals surface area contributed by atoms with E-state index in [-0.39, 0.29) is 0 Å². The first kappa shape index (κ1) is 12.9. The maximum absolute atomic E-state index is 10.8. The summed E-state index contributed by atoms with van der Waals surface area (Å²) in [5.41, 5.74) is 1.66. The van der Waals surface area contributed by atoms with E-state index in [2.05, 4.69) is 6.58 Å². The maximum Gasteiger partial charge on any atom is 0.335 e. The van der Waals surface area contributed by atoms with Gasteiger partial charge in [-0.15, -0.1) is 6.58 Å². The fourth-order valence-electron chi connectivity index (χ4n) is 2.87. The Morgan fingerprint density at radius 3 is 2.33 bits per heavy atom. The van der Waals surface area contributed by atoms with Crippen LogP contribution in [0.4, 0.5) is 0 Å². The highest BCUT2D eigenvalue weighted by molar-refractivity contribution is 5.87. The average Bonchev–Trinajstić information content (AvgIpc) is 2.40. The summed E-state index contributed by atoms with van der Waals surface area (Å²) in [6.45, 7) is 3.80. The van der Waals surface area contributed by atoms with E-state index in [0.717, 1.165) is 12.3 Å². The van der Waals surface area contributed by atoms with Crippen LogP contribution in [0, 0.1) is 5.92 Å². The first-order valence-electron chi connectivity index (χ1n) is 6.65. The molecule has 1 fully saturated rings. The second kappa shape index (κ2) is 5.85. The van der Waals surface area contributed by atoms with Crippen LogP contribution < -0.4 is 0 Å². The average molecular weight is 244 g/mol. The summed E-state index contributed by atoms with van der Waals surface area (Å²) in [6, 6.07) is 7.38. The van der Waals surface area contributed by atoms with E-state index in [0.29, 0.717) is 11.5 Å². The number of carboxylic acids is 1. The lowest BCUT2D eigenvalue weighted by Crippen LogP contribution is -2.13. The van der Waals surface area contributed by atoms with Gasteiger partial charge in [-0.25, -0.2) is 4.79 Å². The van der Waals surface area contributed by atoms with Gasteiger partial charge in [-0.3, -0.25) is 0 Å². The highest BCUT2D eigenvalue weighted by atomic mass is 16.4. The summed E-state index contributed by atoms with van der Waals surface area (Å²) in [4.78, 5) is 10.8. The van der Waals surface area contributed by atoms with E-state index in [1.807, 2.05) is 18.2 Å². The highest BCUT2D eigenvalue weighted by Gasteiger charge is 2.21. The molecule has 1 aromatic rings. The number of rotatable bonds is 4. The van der Waals surface area contributed by atoms with Crippen LogP contribution in [0.1, 0.15) is 53.9 Å². The second-order valence-electron chi connectivity index (χ2n) is 5.17. The Morgan fingerprint density at radius 1 is 1.22 bits per heavy atom. The van der Waals surface area contributed by atoms with E-state index in [9.17, 15) is 4.79 Å².